The number of urea groups is 1. The summed E-state index contributed by atoms with van der Waals surface area (Å²) in [5, 5.41) is 14.0. The van der Waals surface area contributed by atoms with Gasteiger partial charge < -0.3 is 20.5 Å². The van der Waals surface area contributed by atoms with E-state index in [0.717, 1.165) is 0 Å². The Hall–Kier alpha value is -1.56. The van der Waals surface area contributed by atoms with Gasteiger partial charge in [-0.1, -0.05) is 6.08 Å². The number of nitrogens with one attached hydrogen (secondary N) is 2. The van der Waals surface area contributed by atoms with Crippen molar-refractivity contribution in [2.75, 3.05) is 6.61 Å². The van der Waals surface area contributed by atoms with Crippen LogP contribution >= 0.6 is 0 Å². The summed E-state index contributed by atoms with van der Waals surface area (Å²) in [5.41, 5.74) is -0.456. The molecule has 2 atom stereocenters. The number of amides is 2. The first-order valence-electron chi connectivity index (χ1n) is 6.20. The second kappa shape index (κ2) is 7.78. The standard InChI is InChI=1S/C13H24N2O4/c1-6-7-9(2)14-12(18)15-10(11(16)17)8-19-13(3,4)5/h6,9-10H,1,7-8H2,2-5H3,(H,16,17)(H2,14,15,18)/t9?,10-/m0/s1. The molecule has 19 heavy (non-hydrogen) atoms. The molecule has 0 heterocycles. The van der Waals surface area contributed by atoms with Crippen LogP contribution in [0.4, 0.5) is 4.79 Å². The average Bonchev–Trinajstić information content (AvgIpc) is 2.22. The molecule has 0 rings (SSSR count). The van der Waals surface area contributed by atoms with Gasteiger partial charge in [0.15, 0.2) is 6.04 Å². The molecule has 1 unspecified atom stereocenters. The van der Waals surface area contributed by atoms with Crippen LogP contribution in [0.3, 0.4) is 0 Å². The van der Waals surface area contributed by atoms with Crippen molar-refractivity contribution in [3.05, 3.63) is 12.7 Å². The molecule has 0 radical (unpaired) electrons. The fraction of sp³-hybridized carbons (Fsp3) is 0.692. The highest BCUT2D eigenvalue weighted by Crippen LogP contribution is 2.07. The molecule has 3 N–H and O–H groups in total. The van der Waals surface area contributed by atoms with Crippen LogP contribution in [0.2, 0.25) is 0 Å². The molecule has 0 saturated heterocycles. The number of ether oxygens (including phenoxy) is 1. The van der Waals surface area contributed by atoms with Gasteiger partial charge in [-0.3, -0.25) is 0 Å². The molecule has 0 saturated carbocycles. The third-order valence-corrected chi connectivity index (χ3v) is 2.18. The molecule has 0 bridgehead atoms. The van der Waals surface area contributed by atoms with Gasteiger partial charge in [-0.15, -0.1) is 6.58 Å². The van der Waals surface area contributed by atoms with Crippen LogP contribution in [0.5, 0.6) is 0 Å². The zero-order chi connectivity index (χ0) is 15.1. The molecule has 0 aromatic carbocycles. The normalized spacial score (nSPS) is 14.3. The topological polar surface area (TPSA) is 87.7 Å². The number of carbonyl (C=O) groups excluding carboxylic acids is 1. The Balaban J connectivity index is 4.30. The molecule has 2 amide bonds. The maximum absolute atomic E-state index is 11.6. The van der Waals surface area contributed by atoms with E-state index in [0.29, 0.717) is 6.42 Å². The number of hydrogen-bond donors (Lipinski definition) is 3. The Morgan fingerprint density at radius 2 is 1.95 bits per heavy atom. The van der Waals surface area contributed by atoms with Gasteiger partial charge in [-0.2, -0.15) is 0 Å². The lowest BCUT2D eigenvalue weighted by molar-refractivity contribution is -0.142. The van der Waals surface area contributed by atoms with Gasteiger partial charge in [0.05, 0.1) is 12.2 Å². The summed E-state index contributed by atoms with van der Waals surface area (Å²) in [6.07, 6.45) is 2.30. The van der Waals surface area contributed by atoms with E-state index in [9.17, 15) is 9.59 Å². The van der Waals surface area contributed by atoms with Crippen LogP contribution in [0.1, 0.15) is 34.1 Å². The van der Waals surface area contributed by atoms with Crippen molar-refractivity contribution in [3.63, 3.8) is 0 Å². The Kier molecular flexibility index (Phi) is 7.14. The summed E-state index contributed by atoms with van der Waals surface area (Å²) in [6.45, 7) is 10.7. The van der Waals surface area contributed by atoms with Gasteiger partial charge in [0.25, 0.3) is 0 Å². The van der Waals surface area contributed by atoms with E-state index in [1.165, 1.54) is 0 Å². The van der Waals surface area contributed by atoms with E-state index in [1.54, 1.807) is 6.08 Å². The zero-order valence-corrected chi connectivity index (χ0v) is 12.0. The Bertz CT molecular complexity index is 323. The van der Waals surface area contributed by atoms with Crippen LogP contribution in [0.15, 0.2) is 12.7 Å². The quantitative estimate of drug-likeness (QED) is 0.613. The minimum Gasteiger partial charge on any atom is -0.480 e. The number of carboxylic acid groups (broad SMARTS) is 1. The molecule has 0 aliphatic heterocycles. The van der Waals surface area contributed by atoms with E-state index in [1.807, 2.05) is 27.7 Å². The number of rotatable bonds is 7. The molecule has 0 aromatic rings. The third kappa shape index (κ3) is 9.07. The summed E-state index contributed by atoms with van der Waals surface area (Å²) in [7, 11) is 0. The van der Waals surface area contributed by atoms with Gasteiger partial charge >= 0.3 is 12.0 Å². The van der Waals surface area contributed by atoms with Crippen LogP contribution in [-0.2, 0) is 9.53 Å². The van der Waals surface area contributed by atoms with Crippen LogP contribution in [-0.4, -0.2) is 41.4 Å². The number of aliphatic carboxylic acids is 1. The van der Waals surface area contributed by atoms with Crippen molar-refractivity contribution in [1.29, 1.82) is 0 Å². The van der Waals surface area contributed by atoms with Crippen LogP contribution < -0.4 is 10.6 Å². The summed E-state index contributed by atoms with van der Waals surface area (Å²) in [4.78, 5) is 22.6. The monoisotopic (exact) mass is 272 g/mol. The fourth-order valence-electron chi connectivity index (χ4n) is 1.24. The second-order valence-corrected chi connectivity index (χ2v) is 5.36. The highest BCUT2D eigenvalue weighted by molar-refractivity contribution is 5.82. The lowest BCUT2D eigenvalue weighted by atomic mass is 10.2. The highest BCUT2D eigenvalue weighted by atomic mass is 16.5. The minimum atomic E-state index is -1.13. The van der Waals surface area contributed by atoms with Gasteiger partial charge in [-0.25, -0.2) is 9.59 Å². The van der Waals surface area contributed by atoms with E-state index in [-0.39, 0.29) is 12.6 Å². The van der Waals surface area contributed by atoms with Gasteiger partial charge in [-0.05, 0) is 34.1 Å². The van der Waals surface area contributed by atoms with Crippen molar-refractivity contribution < 1.29 is 19.4 Å². The molecule has 110 valence electrons. The third-order valence-electron chi connectivity index (χ3n) is 2.18. The maximum atomic E-state index is 11.6. The fourth-order valence-corrected chi connectivity index (χ4v) is 1.24. The highest BCUT2D eigenvalue weighted by Gasteiger charge is 2.23. The first-order chi connectivity index (χ1) is 8.65. The SMILES string of the molecule is C=CCC(C)NC(=O)N[C@@H](COC(C)(C)C)C(=O)O. The van der Waals surface area contributed by atoms with Crippen molar-refractivity contribution in [3.8, 4) is 0 Å². The minimum absolute atomic E-state index is 0.0813. The maximum Gasteiger partial charge on any atom is 0.328 e. The Morgan fingerprint density at radius 3 is 2.37 bits per heavy atom. The van der Waals surface area contributed by atoms with Crippen molar-refractivity contribution in [2.45, 2.75) is 51.8 Å². The van der Waals surface area contributed by atoms with Gasteiger partial charge in [0, 0.05) is 6.04 Å². The zero-order valence-electron chi connectivity index (χ0n) is 12.0. The lowest BCUT2D eigenvalue weighted by Gasteiger charge is -2.23. The average molecular weight is 272 g/mol. The van der Waals surface area contributed by atoms with E-state index >= 15 is 0 Å². The largest absolute Gasteiger partial charge is 0.480 e. The summed E-state index contributed by atoms with van der Waals surface area (Å²) >= 11 is 0. The number of hydrogen-bond acceptors (Lipinski definition) is 3. The number of carboxylic acids is 1. The molecule has 0 aliphatic carbocycles. The van der Waals surface area contributed by atoms with Gasteiger partial charge in [0.1, 0.15) is 0 Å². The molecule has 0 aliphatic rings. The predicted molar refractivity (Wildman–Crippen MR) is 73.1 cm³/mol. The van der Waals surface area contributed by atoms with Crippen LogP contribution in [0, 0.1) is 0 Å². The van der Waals surface area contributed by atoms with E-state index in [4.69, 9.17) is 9.84 Å². The van der Waals surface area contributed by atoms with Crippen molar-refractivity contribution >= 4 is 12.0 Å². The summed E-state index contributed by atoms with van der Waals surface area (Å²) in [5.74, 6) is -1.13. The molecule has 6 nitrogen and oxygen atoms in total. The smallest absolute Gasteiger partial charge is 0.328 e. The van der Waals surface area contributed by atoms with Crippen molar-refractivity contribution in [2.24, 2.45) is 0 Å². The van der Waals surface area contributed by atoms with Gasteiger partial charge in [0.2, 0.25) is 0 Å². The molecule has 6 heteroatoms. The summed E-state index contributed by atoms with van der Waals surface area (Å²) < 4.78 is 5.37. The summed E-state index contributed by atoms with van der Waals surface area (Å²) in [6, 6.07) is -1.70. The van der Waals surface area contributed by atoms with E-state index < -0.39 is 23.6 Å². The van der Waals surface area contributed by atoms with Crippen molar-refractivity contribution in [1.82, 2.24) is 10.6 Å². The molecular formula is C13H24N2O4. The molecule has 0 fully saturated rings. The Morgan fingerprint density at radius 1 is 1.37 bits per heavy atom. The Labute approximate surface area is 114 Å². The lowest BCUT2D eigenvalue weighted by Crippen LogP contribution is -2.51. The molecule has 0 aromatic heterocycles. The van der Waals surface area contributed by atoms with Crippen LogP contribution in [0.25, 0.3) is 0 Å². The number of carbonyl (C=O) groups is 2. The first kappa shape index (κ1) is 17.4. The second-order valence-electron chi connectivity index (χ2n) is 5.36. The first-order valence-corrected chi connectivity index (χ1v) is 6.20. The predicted octanol–water partition coefficient (Wildman–Crippen LogP) is 1.52. The molecule has 0 spiro atoms. The van der Waals surface area contributed by atoms with E-state index in [2.05, 4.69) is 17.2 Å². The molecular weight excluding hydrogens is 248 g/mol.